The molecule has 0 radical (unpaired) electrons. The second-order valence-corrected chi connectivity index (χ2v) is 6.18. The average Bonchev–Trinajstić information content (AvgIpc) is 2.45. The van der Waals surface area contributed by atoms with Gasteiger partial charge in [0.1, 0.15) is 12.4 Å². The summed E-state index contributed by atoms with van der Waals surface area (Å²) in [6.07, 6.45) is 0.325. The number of nitrogens with zero attached hydrogens (tertiary/aromatic N) is 2. The lowest BCUT2D eigenvalue weighted by atomic mass is 10.0. The van der Waals surface area contributed by atoms with Crippen molar-refractivity contribution in [1.29, 1.82) is 0 Å². The van der Waals surface area contributed by atoms with Gasteiger partial charge in [-0.3, -0.25) is 4.90 Å². The van der Waals surface area contributed by atoms with Crippen molar-refractivity contribution in [1.82, 2.24) is 4.90 Å². The molecule has 0 saturated carbocycles. The predicted molar refractivity (Wildman–Crippen MR) is 80.0 cm³/mol. The van der Waals surface area contributed by atoms with Crippen LogP contribution in [0.1, 0.15) is 5.56 Å². The van der Waals surface area contributed by atoms with E-state index < -0.39 is 0 Å². The monoisotopic (exact) mass is 290 g/mol. The molecule has 3 aliphatic rings. The van der Waals surface area contributed by atoms with E-state index >= 15 is 0 Å². The summed E-state index contributed by atoms with van der Waals surface area (Å²) in [4.78, 5) is 4.96. The summed E-state index contributed by atoms with van der Waals surface area (Å²) >= 11 is 0. The highest BCUT2D eigenvalue weighted by Gasteiger charge is 2.29. The number of benzene rings is 1. The minimum atomic E-state index is -0.372. The molecule has 3 aliphatic heterocycles. The van der Waals surface area contributed by atoms with Gasteiger partial charge in [-0.2, -0.15) is 0 Å². The van der Waals surface area contributed by atoms with E-state index in [1.54, 1.807) is 0 Å². The van der Waals surface area contributed by atoms with E-state index in [4.69, 9.17) is 9.47 Å². The van der Waals surface area contributed by atoms with Gasteiger partial charge in [-0.05, 0) is 23.8 Å². The van der Waals surface area contributed by atoms with E-state index in [0.717, 1.165) is 50.7 Å². The van der Waals surface area contributed by atoms with Crippen molar-refractivity contribution in [3.8, 4) is 5.75 Å². The first-order valence-corrected chi connectivity index (χ1v) is 7.80. The number of aliphatic hydroxyl groups excluding tert-OH is 1. The van der Waals surface area contributed by atoms with Crippen LogP contribution in [0.25, 0.3) is 0 Å². The molecule has 0 unspecified atom stereocenters. The number of aliphatic hydroxyl groups is 1. The van der Waals surface area contributed by atoms with Crippen LogP contribution in [0, 0.1) is 0 Å². The van der Waals surface area contributed by atoms with E-state index in [0.29, 0.717) is 19.1 Å². The maximum Gasteiger partial charge on any atom is 0.122 e. The van der Waals surface area contributed by atoms with Gasteiger partial charge >= 0.3 is 0 Å². The van der Waals surface area contributed by atoms with Gasteiger partial charge in [0.15, 0.2) is 0 Å². The quantitative estimate of drug-likeness (QED) is 0.859. The Hall–Kier alpha value is -1.30. The van der Waals surface area contributed by atoms with Crippen LogP contribution < -0.4 is 9.64 Å². The number of fused-ring (bicyclic) bond motifs is 1. The van der Waals surface area contributed by atoms with Crippen molar-refractivity contribution in [2.75, 3.05) is 50.9 Å². The highest BCUT2D eigenvalue weighted by atomic mass is 16.5. The van der Waals surface area contributed by atoms with E-state index in [1.165, 1.54) is 5.69 Å². The predicted octanol–water partition coefficient (Wildman–Crippen LogP) is 0.503. The number of hydrogen-bond acceptors (Lipinski definition) is 5. The fourth-order valence-electron chi connectivity index (χ4n) is 3.34. The molecule has 1 atom stereocenters. The third-order valence-electron chi connectivity index (χ3n) is 4.75. The summed E-state index contributed by atoms with van der Waals surface area (Å²) in [7, 11) is 0. The smallest absolute Gasteiger partial charge is 0.122 e. The summed E-state index contributed by atoms with van der Waals surface area (Å²) in [5, 5.41) is 9.73. The average molecular weight is 290 g/mol. The number of hydrogen-bond donors (Lipinski definition) is 1. The normalized spacial score (nSPS) is 26.9. The van der Waals surface area contributed by atoms with E-state index in [1.807, 2.05) is 6.07 Å². The van der Waals surface area contributed by atoms with Crippen LogP contribution in [0.4, 0.5) is 5.69 Å². The highest BCUT2D eigenvalue weighted by Crippen LogP contribution is 2.30. The molecule has 1 aromatic carbocycles. The zero-order valence-corrected chi connectivity index (χ0v) is 12.2. The number of ether oxygens (including phenoxy) is 2. The van der Waals surface area contributed by atoms with Gasteiger partial charge in [-0.25, -0.2) is 0 Å². The minimum absolute atomic E-state index is 0.372. The van der Waals surface area contributed by atoms with E-state index in [2.05, 4.69) is 21.9 Å². The van der Waals surface area contributed by atoms with Crippen LogP contribution in [0.5, 0.6) is 5.75 Å². The summed E-state index contributed by atoms with van der Waals surface area (Å²) in [6, 6.07) is 7.00. The molecule has 1 N–H and O–H groups in total. The number of rotatable bonds is 2. The van der Waals surface area contributed by atoms with Crippen molar-refractivity contribution >= 4 is 5.69 Å². The van der Waals surface area contributed by atoms with Crippen molar-refractivity contribution in [2.45, 2.75) is 18.6 Å². The molecule has 1 aromatic rings. The third kappa shape index (κ3) is 2.61. The van der Waals surface area contributed by atoms with Gasteiger partial charge in [0.25, 0.3) is 0 Å². The Morgan fingerprint density at radius 2 is 1.86 bits per heavy atom. The van der Waals surface area contributed by atoms with E-state index in [-0.39, 0.29) is 6.10 Å². The molecule has 0 spiro atoms. The molecule has 2 saturated heterocycles. The van der Waals surface area contributed by atoms with Gasteiger partial charge in [0.05, 0.1) is 25.4 Å². The first kappa shape index (κ1) is 13.4. The van der Waals surface area contributed by atoms with Crippen LogP contribution in [-0.4, -0.2) is 68.2 Å². The molecular weight excluding hydrogens is 268 g/mol. The molecule has 4 rings (SSSR count). The molecule has 21 heavy (non-hydrogen) atoms. The summed E-state index contributed by atoms with van der Waals surface area (Å²) in [5.74, 6) is 0.925. The van der Waals surface area contributed by atoms with E-state index in [9.17, 15) is 5.11 Å². The van der Waals surface area contributed by atoms with Gasteiger partial charge in [-0.1, -0.05) is 0 Å². The molecular formula is C16H22N2O3. The van der Waals surface area contributed by atoms with Gasteiger partial charge in [0, 0.05) is 38.3 Å². The van der Waals surface area contributed by atoms with Crippen molar-refractivity contribution in [2.24, 2.45) is 0 Å². The summed E-state index contributed by atoms with van der Waals surface area (Å²) in [6.45, 7) is 6.52. The van der Waals surface area contributed by atoms with Crippen LogP contribution in [0.2, 0.25) is 0 Å². The fraction of sp³-hybridized carbons (Fsp3) is 0.625. The van der Waals surface area contributed by atoms with Crippen molar-refractivity contribution in [3.05, 3.63) is 23.8 Å². The van der Waals surface area contributed by atoms with Crippen LogP contribution in [0.3, 0.4) is 0 Å². The maximum absolute atomic E-state index is 9.73. The Morgan fingerprint density at radius 1 is 1.05 bits per heavy atom. The Bertz CT molecular complexity index is 510. The second-order valence-electron chi connectivity index (χ2n) is 6.18. The van der Waals surface area contributed by atoms with Gasteiger partial charge in [0.2, 0.25) is 0 Å². The number of piperazine rings is 1. The molecule has 0 amide bonds. The molecule has 0 aromatic heterocycles. The minimum Gasteiger partial charge on any atom is -0.491 e. The maximum atomic E-state index is 9.73. The topological polar surface area (TPSA) is 45.2 Å². The second kappa shape index (κ2) is 5.48. The Morgan fingerprint density at radius 3 is 2.57 bits per heavy atom. The molecule has 2 fully saturated rings. The fourth-order valence-corrected chi connectivity index (χ4v) is 3.34. The Balaban J connectivity index is 1.43. The largest absolute Gasteiger partial charge is 0.491 e. The first-order chi connectivity index (χ1) is 10.3. The lowest BCUT2D eigenvalue weighted by Gasteiger charge is -2.43. The molecule has 114 valence electrons. The lowest BCUT2D eigenvalue weighted by Crippen LogP contribution is -2.56. The molecule has 5 nitrogen and oxygen atoms in total. The van der Waals surface area contributed by atoms with Gasteiger partial charge < -0.3 is 19.5 Å². The highest BCUT2D eigenvalue weighted by molar-refractivity contribution is 5.54. The van der Waals surface area contributed by atoms with Crippen LogP contribution in [0.15, 0.2) is 18.2 Å². The summed E-state index contributed by atoms with van der Waals surface area (Å²) < 4.78 is 10.8. The Labute approximate surface area is 125 Å². The zero-order chi connectivity index (χ0) is 14.2. The molecule has 0 bridgehead atoms. The SMILES string of the molecule is O[C@H]1COc2ccc(N3CCN(C4COC4)CC3)cc2C1. The standard InChI is InChI=1S/C16H22N2O3/c19-15-8-12-7-13(1-2-16(12)21-11-15)17-3-5-18(6-4-17)14-9-20-10-14/h1-2,7,14-15,19H,3-6,8-11H2/t15-/m1/s1. The Kier molecular flexibility index (Phi) is 3.49. The van der Waals surface area contributed by atoms with Crippen molar-refractivity contribution in [3.63, 3.8) is 0 Å². The first-order valence-electron chi connectivity index (χ1n) is 7.80. The lowest BCUT2D eigenvalue weighted by molar-refractivity contribution is -0.0660. The molecule has 0 aliphatic carbocycles. The third-order valence-corrected chi connectivity index (χ3v) is 4.75. The van der Waals surface area contributed by atoms with Crippen LogP contribution >= 0.6 is 0 Å². The molecule has 5 heteroatoms. The van der Waals surface area contributed by atoms with Gasteiger partial charge in [-0.15, -0.1) is 0 Å². The van der Waals surface area contributed by atoms with Crippen LogP contribution in [-0.2, 0) is 11.2 Å². The van der Waals surface area contributed by atoms with Crippen molar-refractivity contribution < 1.29 is 14.6 Å². The zero-order valence-electron chi connectivity index (χ0n) is 12.2. The summed E-state index contributed by atoms with van der Waals surface area (Å²) in [5.41, 5.74) is 2.37. The molecule has 3 heterocycles. The number of anilines is 1.